The van der Waals surface area contributed by atoms with Gasteiger partial charge in [0.25, 0.3) is 0 Å². The number of para-hydroxylation sites is 1. The SMILES string of the molecule is CCCCOc1ccc2c(c1)c1cc(OCCCC)ccc1n2-c1ccc(N(c2ccccc2)c2ccc(-n3c4ccc(OCCCC)cc4c4cc(OCCCC)ccc43)cc2)cc1. The second-order valence-electron chi connectivity index (χ2n) is 16.9. The van der Waals surface area contributed by atoms with E-state index in [4.69, 9.17) is 18.9 Å². The van der Waals surface area contributed by atoms with Crippen LogP contribution in [0, 0.1) is 0 Å². The predicted octanol–water partition coefficient (Wildman–Crippen LogP) is 16.1. The van der Waals surface area contributed by atoms with Crippen molar-refractivity contribution < 1.29 is 18.9 Å². The number of hydrogen-bond acceptors (Lipinski definition) is 5. The number of anilines is 3. The summed E-state index contributed by atoms with van der Waals surface area (Å²) in [6, 6.07) is 54.4. The second kappa shape index (κ2) is 20.3. The molecule has 0 amide bonds. The third kappa shape index (κ3) is 9.24. The minimum absolute atomic E-state index is 0.708. The van der Waals surface area contributed by atoms with E-state index in [1.165, 1.54) is 0 Å². The van der Waals surface area contributed by atoms with Crippen molar-refractivity contribution in [2.45, 2.75) is 79.1 Å². The van der Waals surface area contributed by atoms with Gasteiger partial charge in [-0.3, -0.25) is 0 Å². The minimum atomic E-state index is 0.708. The molecular formula is C58H61N3O4. The quantitative estimate of drug-likeness (QED) is 0.0674. The molecule has 2 aromatic heterocycles. The predicted molar refractivity (Wildman–Crippen MR) is 271 cm³/mol. The van der Waals surface area contributed by atoms with Crippen molar-refractivity contribution in [3.63, 3.8) is 0 Å². The highest BCUT2D eigenvalue weighted by molar-refractivity contribution is 6.11. The van der Waals surface area contributed by atoms with Gasteiger partial charge in [0.15, 0.2) is 0 Å². The first-order chi connectivity index (χ1) is 32.1. The molecule has 0 saturated heterocycles. The van der Waals surface area contributed by atoms with Gasteiger partial charge in [0.2, 0.25) is 0 Å². The summed E-state index contributed by atoms with van der Waals surface area (Å²) in [6.45, 7) is 11.6. The van der Waals surface area contributed by atoms with Crippen LogP contribution >= 0.6 is 0 Å². The summed E-state index contributed by atoms with van der Waals surface area (Å²) in [4.78, 5) is 2.32. The number of fused-ring (bicyclic) bond motifs is 6. The first-order valence-corrected chi connectivity index (χ1v) is 23.8. The van der Waals surface area contributed by atoms with Crippen LogP contribution in [-0.4, -0.2) is 35.6 Å². The number of ether oxygens (including phenoxy) is 4. The highest BCUT2D eigenvalue weighted by Gasteiger charge is 2.19. The van der Waals surface area contributed by atoms with Gasteiger partial charge in [0.05, 0.1) is 48.5 Å². The molecule has 0 spiro atoms. The molecule has 65 heavy (non-hydrogen) atoms. The average molecular weight is 864 g/mol. The van der Waals surface area contributed by atoms with Gasteiger partial charge < -0.3 is 33.0 Å². The lowest BCUT2D eigenvalue weighted by atomic mass is 10.1. The molecule has 0 radical (unpaired) electrons. The molecule has 0 bridgehead atoms. The Hall–Kier alpha value is -6.86. The molecule has 332 valence electrons. The van der Waals surface area contributed by atoms with Crippen molar-refractivity contribution in [3.8, 4) is 34.4 Å². The Balaban J connectivity index is 1.08. The molecule has 7 nitrogen and oxygen atoms in total. The van der Waals surface area contributed by atoms with Crippen LogP contribution in [-0.2, 0) is 0 Å². The van der Waals surface area contributed by atoms with Gasteiger partial charge >= 0.3 is 0 Å². The third-order valence-corrected chi connectivity index (χ3v) is 12.2. The highest BCUT2D eigenvalue weighted by Crippen LogP contribution is 2.41. The molecule has 0 fully saturated rings. The fraction of sp³-hybridized carbons (Fsp3) is 0.276. The van der Waals surface area contributed by atoms with E-state index in [9.17, 15) is 0 Å². The first-order valence-electron chi connectivity index (χ1n) is 23.8. The van der Waals surface area contributed by atoms with Crippen LogP contribution in [0.2, 0.25) is 0 Å². The summed E-state index contributed by atoms with van der Waals surface area (Å²) in [5, 5.41) is 4.59. The van der Waals surface area contributed by atoms with Crippen LogP contribution in [0.25, 0.3) is 55.0 Å². The normalized spacial score (nSPS) is 11.5. The first kappa shape index (κ1) is 43.4. The van der Waals surface area contributed by atoms with E-state index in [1.54, 1.807) is 0 Å². The van der Waals surface area contributed by atoms with E-state index in [0.717, 1.165) is 146 Å². The van der Waals surface area contributed by atoms with Gasteiger partial charge in [-0.05, 0) is 159 Å². The van der Waals surface area contributed by atoms with Crippen LogP contribution in [0.5, 0.6) is 23.0 Å². The standard InChI is InChI=1S/C58H61N3O4/c1-5-9-34-62-47-26-30-55-51(38-47)52-39-48(63-35-10-6-2)27-31-56(52)60(55)45-22-18-43(19-23-45)59(42-16-14-13-15-17-42)44-20-24-46(25-21-44)61-57-32-28-49(64-36-11-7-3)40-53(57)54-41-50(29-33-58(54)61)65-37-12-8-4/h13-33,38-41H,5-12,34-37H2,1-4H3. The van der Waals surface area contributed by atoms with Gasteiger partial charge in [-0.15, -0.1) is 0 Å². The summed E-state index contributed by atoms with van der Waals surface area (Å²) in [6.07, 6.45) is 8.49. The largest absolute Gasteiger partial charge is 0.494 e. The smallest absolute Gasteiger partial charge is 0.120 e. The van der Waals surface area contributed by atoms with Crippen LogP contribution in [0.3, 0.4) is 0 Å². The summed E-state index contributed by atoms with van der Waals surface area (Å²) in [5.74, 6) is 3.57. The number of benzene rings is 7. The molecule has 0 saturated carbocycles. The Morgan fingerprint density at radius 2 is 0.631 bits per heavy atom. The topological polar surface area (TPSA) is 50.0 Å². The number of aromatic nitrogens is 2. The van der Waals surface area contributed by atoms with Crippen LogP contribution < -0.4 is 23.8 Å². The molecule has 9 aromatic rings. The molecule has 0 unspecified atom stereocenters. The van der Waals surface area contributed by atoms with Crippen molar-refractivity contribution in [3.05, 3.63) is 152 Å². The second-order valence-corrected chi connectivity index (χ2v) is 16.9. The molecule has 0 aliphatic rings. The molecule has 0 N–H and O–H groups in total. The van der Waals surface area contributed by atoms with E-state index < -0.39 is 0 Å². The maximum absolute atomic E-state index is 6.20. The molecule has 0 aliphatic carbocycles. The maximum atomic E-state index is 6.20. The fourth-order valence-corrected chi connectivity index (χ4v) is 8.74. The summed E-state index contributed by atoms with van der Waals surface area (Å²) < 4.78 is 29.5. The highest BCUT2D eigenvalue weighted by atomic mass is 16.5. The molecule has 0 atom stereocenters. The molecule has 2 heterocycles. The lowest BCUT2D eigenvalue weighted by Crippen LogP contribution is -2.10. The van der Waals surface area contributed by atoms with Crippen LogP contribution in [0.4, 0.5) is 17.1 Å². The lowest BCUT2D eigenvalue weighted by molar-refractivity contribution is 0.309. The van der Waals surface area contributed by atoms with E-state index in [2.05, 4.69) is 193 Å². The summed E-state index contributed by atoms with van der Waals surface area (Å²) in [5.41, 5.74) is 9.89. The van der Waals surface area contributed by atoms with Crippen molar-refractivity contribution >= 4 is 60.7 Å². The van der Waals surface area contributed by atoms with Crippen LogP contribution in [0.1, 0.15) is 79.1 Å². The van der Waals surface area contributed by atoms with Gasteiger partial charge in [0, 0.05) is 50.0 Å². The van der Waals surface area contributed by atoms with Crippen molar-refractivity contribution in [2.75, 3.05) is 31.3 Å². The maximum Gasteiger partial charge on any atom is 0.120 e. The van der Waals surface area contributed by atoms with E-state index >= 15 is 0 Å². The van der Waals surface area contributed by atoms with Gasteiger partial charge in [-0.1, -0.05) is 71.6 Å². The van der Waals surface area contributed by atoms with Crippen molar-refractivity contribution in [1.29, 1.82) is 0 Å². The summed E-state index contributed by atoms with van der Waals surface area (Å²) in [7, 11) is 0. The molecular weight excluding hydrogens is 803 g/mol. The van der Waals surface area contributed by atoms with E-state index in [1.807, 2.05) is 0 Å². The Morgan fingerprint density at radius 3 is 0.923 bits per heavy atom. The number of unbranched alkanes of at least 4 members (excludes halogenated alkanes) is 4. The molecule has 7 heteroatoms. The summed E-state index contributed by atoms with van der Waals surface area (Å²) >= 11 is 0. The Kier molecular flexibility index (Phi) is 13.6. The van der Waals surface area contributed by atoms with Crippen molar-refractivity contribution in [1.82, 2.24) is 9.13 Å². The Labute approximate surface area is 383 Å². The van der Waals surface area contributed by atoms with Crippen LogP contribution in [0.15, 0.2) is 152 Å². The monoisotopic (exact) mass is 863 g/mol. The zero-order chi connectivity index (χ0) is 44.5. The number of hydrogen-bond donors (Lipinski definition) is 0. The lowest BCUT2D eigenvalue weighted by Gasteiger charge is -2.26. The van der Waals surface area contributed by atoms with Gasteiger partial charge in [0.1, 0.15) is 23.0 Å². The number of nitrogens with zero attached hydrogens (tertiary/aromatic N) is 3. The fourth-order valence-electron chi connectivity index (χ4n) is 8.74. The third-order valence-electron chi connectivity index (χ3n) is 12.2. The molecule has 7 aromatic carbocycles. The van der Waals surface area contributed by atoms with Gasteiger partial charge in [-0.2, -0.15) is 0 Å². The van der Waals surface area contributed by atoms with Crippen molar-refractivity contribution in [2.24, 2.45) is 0 Å². The van der Waals surface area contributed by atoms with E-state index in [-0.39, 0.29) is 0 Å². The zero-order valence-electron chi connectivity index (χ0n) is 38.4. The molecule has 9 rings (SSSR count). The zero-order valence-corrected chi connectivity index (χ0v) is 38.4. The Bertz CT molecular complexity index is 2670. The molecule has 0 aliphatic heterocycles. The van der Waals surface area contributed by atoms with E-state index in [0.29, 0.717) is 26.4 Å². The number of rotatable bonds is 21. The Morgan fingerprint density at radius 1 is 0.338 bits per heavy atom. The average Bonchev–Trinajstić information content (AvgIpc) is 3.84. The van der Waals surface area contributed by atoms with Gasteiger partial charge in [-0.25, -0.2) is 0 Å². The minimum Gasteiger partial charge on any atom is -0.494 e.